The van der Waals surface area contributed by atoms with Crippen molar-refractivity contribution in [1.29, 1.82) is 0 Å². The summed E-state index contributed by atoms with van der Waals surface area (Å²) in [5, 5.41) is 0. The van der Waals surface area contributed by atoms with E-state index in [2.05, 4.69) is 4.90 Å². The van der Waals surface area contributed by atoms with Crippen LogP contribution in [0.15, 0.2) is 24.3 Å². The molecule has 0 N–H and O–H groups in total. The summed E-state index contributed by atoms with van der Waals surface area (Å²) in [6.07, 6.45) is 0. The summed E-state index contributed by atoms with van der Waals surface area (Å²) in [4.78, 5) is 14.0. The molecule has 1 fully saturated rings. The average molecular weight is 249 g/mol. The fourth-order valence-electron chi connectivity index (χ4n) is 2.68. The molecule has 1 heterocycles. The molecule has 98 valence electrons. The molecule has 0 bridgehead atoms. The zero-order valence-electron chi connectivity index (χ0n) is 11.1. The number of likely N-dealkylation sites (N-methyl/N-ethyl adjacent to an activating group) is 1. The second-order valence-corrected chi connectivity index (χ2v) is 4.70. The maximum Gasteiger partial charge on any atom is 0.310 e. The van der Waals surface area contributed by atoms with E-state index in [4.69, 9.17) is 9.47 Å². The van der Waals surface area contributed by atoms with E-state index in [1.807, 2.05) is 31.3 Å². The normalized spacial score (nSPS) is 23.9. The maximum atomic E-state index is 11.9. The highest BCUT2D eigenvalue weighted by atomic mass is 16.5. The number of hydrogen-bond acceptors (Lipinski definition) is 4. The van der Waals surface area contributed by atoms with E-state index in [1.54, 1.807) is 7.11 Å². The largest absolute Gasteiger partial charge is 0.496 e. The topological polar surface area (TPSA) is 38.8 Å². The lowest BCUT2D eigenvalue weighted by Gasteiger charge is -2.19. The van der Waals surface area contributed by atoms with Gasteiger partial charge in [-0.2, -0.15) is 0 Å². The first-order chi connectivity index (χ1) is 8.67. The van der Waals surface area contributed by atoms with Gasteiger partial charge in [0, 0.05) is 19.0 Å². The number of nitrogens with zero attached hydrogens (tertiary/aromatic N) is 1. The van der Waals surface area contributed by atoms with Crippen LogP contribution in [0.25, 0.3) is 0 Å². The second kappa shape index (κ2) is 5.40. The van der Waals surface area contributed by atoms with Gasteiger partial charge in [-0.25, -0.2) is 0 Å². The molecular weight excluding hydrogens is 230 g/mol. The van der Waals surface area contributed by atoms with Crippen LogP contribution in [0.4, 0.5) is 0 Å². The van der Waals surface area contributed by atoms with E-state index in [-0.39, 0.29) is 17.8 Å². The molecule has 4 heteroatoms. The second-order valence-electron chi connectivity index (χ2n) is 4.70. The summed E-state index contributed by atoms with van der Waals surface area (Å²) in [6, 6.07) is 7.87. The van der Waals surface area contributed by atoms with Crippen molar-refractivity contribution >= 4 is 5.97 Å². The average Bonchev–Trinajstić information content (AvgIpc) is 2.79. The van der Waals surface area contributed by atoms with Gasteiger partial charge in [0.15, 0.2) is 0 Å². The number of hydrogen-bond donors (Lipinski definition) is 0. The van der Waals surface area contributed by atoms with Crippen LogP contribution in [0.5, 0.6) is 5.75 Å². The highest BCUT2D eigenvalue weighted by molar-refractivity contribution is 5.74. The summed E-state index contributed by atoms with van der Waals surface area (Å²) >= 11 is 0. The quantitative estimate of drug-likeness (QED) is 0.761. The number of carbonyl (C=O) groups is 1. The third-order valence-electron chi connectivity index (χ3n) is 3.54. The molecule has 0 amide bonds. The molecule has 2 rings (SSSR count). The lowest BCUT2D eigenvalue weighted by molar-refractivity contribution is -0.145. The van der Waals surface area contributed by atoms with Crippen LogP contribution in [0.3, 0.4) is 0 Å². The molecule has 0 aliphatic carbocycles. The molecule has 0 aromatic heterocycles. The first-order valence-corrected chi connectivity index (χ1v) is 6.06. The monoisotopic (exact) mass is 249 g/mol. The maximum absolute atomic E-state index is 11.9. The Labute approximate surface area is 107 Å². The number of ether oxygens (including phenoxy) is 2. The van der Waals surface area contributed by atoms with Gasteiger partial charge in [-0.15, -0.1) is 0 Å². The molecule has 1 aromatic carbocycles. The number of esters is 1. The number of likely N-dealkylation sites (tertiary alicyclic amines) is 1. The van der Waals surface area contributed by atoms with Crippen molar-refractivity contribution in [2.24, 2.45) is 5.92 Å². The van der Waals surface area contributed by atoms with Crippen LogP contribution in [0.1, 0.15) is 11.5 Å². The van der Waals surface area contributed by atoms with Crippen LogP contribution in [0.2, 0.25) is 0 Å². The number of rotatable bonds is 3. The van der Waals surface area contributed by atoms with Crippen molar-refractivity contribution < 1.29 is 14.3 Å². The van der Waals surface area contributed by atoms with Crippen molar-refractivity contribution in [2.75, 3.05) is 34.4 Å². The molecule has 2 atom stereocenters. The van der Waals surface area contributed by atoms with Gasteiger partial charge in [-0.1, -0.05) is 18.2 Å². The Morgan fingerprint density at radius 3 is 2.67 bits per heavy atom. The fraction of sp³-hybridized carbons (Fsp3) is 0.500. The molecule has 4 nitrogen and oxygen atoms in total. The van der Waals surface area contributed by atoms with Crippen LogP contribution >= 0.6 is 0 Å². The Morgan fingerprint density at radius 1 is 1.28 bits per heavy atom. The number of carbonyl (C=O) groups excluding carboxylic acids is 1. The first-order valence-electron chi connectivity index (χ1n) is 6.06. The Balaban J connectivity index is 2.32. The van der Waals surface area contributed by atoms with Crippen molar-refractivity contribution in [3.8, 4) is 5.75 Å². The van der Waals surface area contributed by atoms with Gasteiger partial charge in [0.05, 0.1) is 20.1 Å². The first kappa shape index (κ1) is 12.9. The summed E-state index contributed by atoms with van der Waals surface area (Å²) in [6.45, 7) is 1.58. The summed E-state index contributed by atoms with van der Waals surface area (Å²) in [7, 11) is 5.12. The van der Waals surface area contributed by atoms with Crippen LogP contribution in [-0.2, 0) is 9.53 Å². The molecule has 0 spiro atoms. The molecule has 0 saturated carbocycles. The summed E-state index contributed by atoms with van der Waals surface area (Å²) in [5.41, 5.74) is 1.08. The molecule has 1 aliphatic heterocycles. The van der Waals surface area contributed by atoms with Gasteiger partial charge < -0.3 is 14.4 Å². The van der Waals surface area contributed by atoms with E-state index in [9.17, 15) is 4.79 Å². The van der Waals surface area contributed by atoms with E-state index in [1.165, 1.54) is 7.11 Å². The smallest absolute Gasteiger partial charge is 0.310 e. The Bertz CT molecular complexity index is 433. The van der Waals surface area contributed by atoms with Crippen molar-refractivity contribution in [1.82, 2.24) is 4.90 Å². The SMILES string of the molecule is COC(=O)[C@H]1CN(C)C[C@@H]1c1ccccc1OC. The lowest BCUT2D eigenvalue weighted by Crippen LogP contribution is -2.23. The van der Waals surface area contributed by atoms with Gasteiger partial charge in [0.2, 0.25) is 0 Å². The van der Waals surface area contributed by atoms with Gasteiger partial charge in [0.25, 0.3) is 0 Å². The third kappa shape index (κ3) is 2.34. The van der Waals surface area contributed by atoms with Crippen molar-refractivity contribution in [2.45, 2.75) is 5.92 Å². The highest BCUT2D eigenvalue weighted by Crippen LogP contribution is 2.37. The predicted octanol–water partition coefficient (Wildman–Crippen LogP) is 1.51. The zero-order valence-corrected chi connectivity index (χ0v) is 11.1. The van der Waals surface area contributed by atoms with Gasteiger partial charge >= 0.3 is 5.97 Å². The van der Waals surface area contributed by atoms with Gasteiger partial charge in [0.1, 0.15) is 5.75 Å². The van der Waals surface area contributed by atoms with Crippen LogP contribution in [-0.4, -0.2) is 45.2 Å². The minimum Gasteiger partial charge on any atom is -0.496 e. The molecule has 0 unspecified atom stereocenters. The van der Waals surface area contributed by atoms with E-state index in [0.29, 0.717) is 0 Å². The van der Waals surface area contributed by atoms with E-state index < -0.39 is 0 Å². The third-order valence-corrected chi connectivity index (χ3v) is 3.54. The number of para-hydroxylation sites is 1. The molecule has 1 saturated heterocycles. The molecular formula is C14H19NO3. The summed E-state index contributed by atoms with van der Waals surface area (Å²) in [5.74, 6) is 0.719. The molecule has 0 radical (unpaired) electrons. The Hall–Kier alpha value is -1.55. The molecule has 1 aliphatic rings. The number of benzene rings is 1. The Morgan fingerprint density at radius 2 is 2.00 bits per heavy atom. The Kier molecular flexibility index (Phi) is 3.87. The highest BCUT2D eigenvalue weighted by Gasteiger charge is 2.38. The minimum absolute atomic E-state index is 0.115. The number of methoxy groups -OCH3 is 2. The minimum atomic E-state index is -0.143. The molecule has 18 heavy (non-hydrogen) atoms. The van der Waals surface area contributed by atoms with Gasteiger partial charge in [-0.05, 0) is 18.7 Å². The van der Waals surface area contributed by atoms with Crippen molar-refractivity contribution in [3.63, 3.8) is 0 Å². The fourth-order valence-corrected chi connectivity index (χ4v) is 2.68. The lowest BCUT2D eigenvalue weighted by atomic mass is 9.88. The summed E-state index contributed by atoms with van der Waals surface area (Å²) < 4.78 is 10.3. The van der Waals surface area contributed by atoms with E-state index >= 15 is 0 Å². The van der Waals surface area contributed by atoms with Crippen LogP contribution in [0, 0.1) is 5.92 Å². The van der Waals surface area contributed by atoms with Crippen molar-refractivity contribution in [3.05, 3.63) is 29.8 Å². The van der Waals surface area contributed by atoms with Crippen LogP contribution < -0.4 is 4.74 Å². The predicted molar refractivity (Wildman–Crippen MR) is 68.7 cm³/mol. The van der Waals surface area contributed by atoms with Gasteiger partial charge in [-0.3, -0.25) is 4.79 Å². The zero-order chi connectivity index (χ0) is 13.1. The van der Waals surface area contributed by atoms with E-state index in [0.717, 1.165) is 24.4 Å². The standard InChI is InChI=1S/C14H19NO3/c1-15-8-11(12(9-15)14(16)18-3)10-6-4-5-7-13(10)17-2/h4-7,11-12H,8-9H2,1-3H3/t11-,12+/m1/s1. The molecule has 1 aromatic rings.